The summed E-state index contributed by atoms with van der Waals surface area (Å²) < 4.78 is 10.7. The van der Waals surface area contributed by atoms with Crippen LogP contribution in [-0.4, -0.2) is 20.1 Å². The van der Waals surface area contributed by atoms with Crippen molar-refractivity contribution in [2.45, 2.75) is 12.5 Å². The summed E-state index contributed by atoms with van der Waals surface area (Å²) in [6.45, 7) is 0. The molecule has 0 heterocycles. The Kier molecular flexibility index (Phi) is 6.23. The first kappa shape index (κ1) is 18.7. The molecule has 1 atom stereocenters. The molecular formula is C23H23NO3. The molecule has 0 aliphatic rings. The quantitative estimate of drug-likeness (QED) is 0.629. The van der Waals surface area contributed by atoms with Gasteiger partial charge < -0.3 is 14.8 Å². The zero-order chi connectivity index (χ0) is 19.1. The fraction of sp³-hybridized carbons (Fsp3) is 0.174. The van der Waals surface area contributed by atoms with E-state index in [2.05, 4.69) is 41.7 Å². The smallest absolute Gasteiger partial charge is 0.327 e. The third-order valence-electron chi connectivity index (χ3n) is 4.35. The van der Waals surface area contributed by atoms with Crippen LogP contribution in [0.2, 0.25) is 0 Å². The zero-order valence-electron chi connectivity index (χ0n) is 15.5. The van der Waals surface area contributed by atoms with Gasteiger partial charge in [0.15, 0.2) is 0 Å². The fourth-order valence-corrected chi connectivity index (χ4v) is 2.91. The lowest BCUT2D eigenvalue weighted by molar-refractivity contribution is -0.143. The lowest BCUT2D eigenvalue weighted by Crippen LogP contribution is -2.26. The van der Waals surface area contributed by atoms with Crippen molar-refractivity contribution >= 4 is 5.97 Å². The zero-order valence-corrected chi connectivity index (χ0v) is 15.5. The number of likely N-dealkylation sites (N-methyl/N-ethyl adjacent to an activating group) is 1. The summed E-state index contributed by atoms with van der Waals surface area (Å²) in [5.41, 5.74) is 3.35. The molecule has 0 unspecified atom stereocenters. The van der Waals surface area contributed by atoms with Gasteiger partial charge in [0.25, 0.3) is 0 Å². The number of methoxy groups -OCH3 is 1. The Morgan fingerprint density at radius 1 is 0.852 bits per heavy atom. The normalized spacial score (nSPS) is 11.6. The largest absolute Gasteiger partial charge is 0.468 e. The first-order chi connectivity index (χ1) is 13.2. The lowest BCUT2D eigenvalue weighted by atomic mass is 10.1. The Balaban J connectivity index is 1.64. The van der Waals surface area contributed by atoms with E-state index in [1.165, 1.54) is 18.2 Å². The number of ether oxygens (including phenoxy) is 2. The Hall–Kier alpha value is -3.11. The summed E-state index contributed by atoms with van der Waals surface area (Å²) in [6, 6.07) is 25.4. The van der Waals surface area contributed by atoms with Crippen LogP contribution in [0.15, 0.2) is 78.9 Å². The topological polar surface area (TPSA) is 47.6 Å². The molecule has 138 valence electrons. The maximum Gasteiger partial charge on any atom is 0.327 e. The van der Waals surface area contributed by atoms with E-state index in [-0.39, 0.29) is 5.97 Å². The number of hydrogen-bond acceptors (Lipinski definition) is 4. The molecule has 1 N–H and O–H groups in total. The second-order valence-electron chi connectivity index (χ2n) is 6.22. The van der Waals surface area contributed by atoms with Crippen LogP contribution in [-0.2, 0) is 16.0 Å². The molecule has 0 spiro atoms. The minimum atomic E-state index is -0.485. The molecule has 3 aromatic rings. The van der Waals surface area contributed by atoms with Gasteiger partial charge in [-0.3, -0.25) is 0 Å². The van der Waals surface area contributed by atoms with E-state index < -0.39 is 6.04 Å². The predicted octanol–water partition coefficient (Wildman–Crippen LogP) is 4.50. The number of carbonyl (C=O) groups is 1. The molecule has 0 radical (unpaired) electrons. The van der Waals surface area contributed by atoms with Crippen LogP contribution in [0.25, 0.3) is 0 Å². The highest BCUT2D eigenvalue weighted by Crippen LogP contribution is 2.24. The van der Waals surface area contributed by atoms with E-state index in [4.69, 9.17) is 9.47 Å². The summed E-state index contributed by atoms with van der Waals surface area (Å²) in [6.07, 6.45) is 0.898. The number of esters is 1. The first-order valence-corrected chi connectivity index (χ1v) is 8.85. The number of nitrogens with one attached hydrogen (secondary N) is 1. The van der Waals surface area contributed by atoms with Crippen molar-refractivity contribution in [3.8, 4) is 11.5 Å². The highest BCUT2D eigenvalue weighted by atomic mass is 16.5. The average molecular weight is 361 g/mol. The molecule has 0 saturated heterocycles. The van der Waals surface area contributed by atoms with E-state index in [0.717, 1.165) is 17.7 Å². The SMILES string of the molecule is CN[C@@H](C(=O)OC)c1ccc(Oc2ccc(Cc3ccccc3)cc2)cc1. The van der Waals surface area contributed by atoms with Gasteiger partial charge in [-0.25, -0.2) is 4.79 Å². The van der Waals surface area contributed by atoms with Gasteiger partial charge in [0.05, 0.1) is 7.11 Å². The molecule has 0 aromatic heterocycles. The van der Waals surface area contributed by atoms with E-state index in [0.29, 0.717) is 5.75 Å². The third kappa shape index (κ3) is 4.96. The Morgan fingerprint density at radius 2 is 1.41 bits per heavy atom. The maximum absolute atomic E-state index is 11.8. The molecular weight excluding hydrogens is 338 g/mol. The minimum absolute atomic E-state index is 0.319. The van der Waals surface area contributed by atoms with Crippen molar-refractivity contribution < 1.29 is 14.3 Å². The Bertz CT molecular complexity index is 858. The molecule has 27 heavy (non-hydrogen) atoms. The van der Waals surface area contributed by atoms with Gasteiger partial charge in [0, 0.05) is 0 Å². The predicted molar refractivity (Wildman–Crippen MR) is 106 cm³/mol. The van der Waals surface area contributed by atoms with Crippen LogP contribution < -0.4 is 10.1 Å². The van der Waals surface area contributed by atoms with Gasteiger partial charge >= 0.3 is 5.97 Å². The number of rotatable bonds is 7. The lowest BCUT2D eigenvalue weighted by Gasteiger charge is -2.14. The number of hydrogen-bond donors (Lipinski definition) is 1. The monoisotopic (exact) mass is 361 g/mol. The van der Waals surface area contributed by atoms with Gasteiger partial charge in [-0.1, -0.05) is 54.6 Å². The highest BCUT2D eigenvalue weighted by Gasteiger charge is 2.18. The Morgan fingerprint density at radius 3 is 1.96 bits per heavy atom. The molecule has 0 aliphatic heterocycles. The summed E-state index contributed by atoms with van der Waals surface area (Å²) in [4.78, 5) is 11.8. The van der Waals surface area contributed by atoms with E-state index in [9.17, 15) is 4.79 Å². The highest BCUT2D eigenvalue weighted by molar-refractivity contribution is 5.77. The van der Waals surface area contributed by atoms with Gasteiger partial charge in [0.1, 0.15) is 17.5 Å². The first-order valence-electron chi connectivity index (χ1n) is 8.85. The molecule has 0 amide bonds. The maximum atomic E-state index is 11.8. The van der Waals surface area contributed by atoms with Crippen LogP contribution in [0.5, 0.6) is 11.5 Å². The molecule has 0 aliphatic carbocycles. The van der Waals surface area contributed by atoms with Gasteiger partial charge in [-0.15, -0.1) is 0 Å². The van der Waals surface area contributed by atoms with Crippen molar-refractivity contribution in [2.75, 3.05) is 14.2 Å². The molecule has 3 aromatic carbocycles. The van der Waals surface area contributed by atoms with Crippen molar-refractivity contribution in [1.29, 1.82) is 0 Å². The van der Waals surface area contributed by atoms with Crippen LogP contribution in [0.4, 0.5) is 0 Å². The summed E-state index contributed by atoms with van der Waals surface area (Å²) in [5, 5.41) is 2.95. The molecule has 4 heteroatoms. The molecule has 0 fully saturated rings. The molecule has 0 saturated carbocycles. The summed E-state index contributed by atoms with van der Waals surface area (Å²) in [7, 11) is 3.11. The molecule has 4 nitrogen and oxygen atoms in total. The van der Waals surface area contributed by atoms with Crippen LogP contribution >= 0.6 is 0 Å². The van der Waals surface area contributed by atoms with Gasteiger partial charge in [0.2, 0.25) is 0 Å². The summed E-state index contributed by atoms with van der Waals surface area (Å²) >= 11 is 0. The second kappa shape index (κ2) is 9.01. The Labute approximate surface area is 159 Å². The number of benzene rings is 3. The van der Waals surface area contributed by atoms with Gasteiger partial charge in [-0.2, -0.15) is 0 Å². The van der Waals surface area contributed by atoms with Crippen LogP contribution in [0.3, 0.4) is 0 Å². The summed E-state index contributed by atoms with van der Waals surface area (Å²) in [5.74, 6) is 1.17. The van der Waals surface area contributed by atoms with Gasteiger partial charge in [-0.05, 0) is 54.4 Å². The second-order valence-corrected chi connectivity index (χ2v) is 6.22. The number of carbonyl (C=O) groups excluding carboxylic acids is 1. The van der Waals surface area contributed by atoms with Crippen molar-refractivity contribution in [3.05, 3.63) is 95.6 Å². The van der Waals surface area contributed by atoms with E-state index in [1.54, 1.807) is 7.05 Å². The molecule has 3 rings (SSSR count). The van der Waals surface area contributed by atoms with E-state index in [1.807, 2.05) is 42.5 Å². The van der Waals surface area contributed by atoms with Crippen molar-refractivity contribution in [1.82, 2.24) is 5.32 Å². The third-order valence-corrected chi connectivity index (χ3v) is 4.35. The van der Waals surface area contributed by atoms with Crippen molar-refractivity contribution in [3.63, 3.8) is 0 Å². The fourth-order valence-electron chi connectivity index (χ4n) is 2.91. The minimum Gasteiger partial charge on any atom is -0.468 e. The van der Waals surface area contributed by atoms with E-state index >= 15 is 0 Å². The van der Waals surface area contributed by atoms with Crippen LogP contribution in [0, 0.1) is 0 Å². The average Bonchev–Trinajstić information content (AvgIpc) is 2.72. The molecule has 0 bridgehead atoms. The van der Waals surface area contributed by atoms with Crippen LogP contribution in [0.1, 0.15) is 22.7 Å². The standard InChI is InChI=1S/C23H23NO3/c1-24-22(23(25)26-2)19-10-14-21(15-11-19)27-20-12-8-18(9-13-20)16-17-6-4-3-5-7-17/h3-15,22,24H,16H2,1-2H3/t22-/m1/s1. The van der Waals surface area contributed by atoms with Crippen molar-refractivity contribution in [2.24, 2.45) is 0 Å².